The number of nitrogens with one attached hydrogen (secondary N) is 1. The van der Waals surface area contributed by atoms with Gasteiger partial charge in [-0.3, -0.25) is 0 Å². The first kappa shape index (κ1) is 11.3. The van der Waals surface area contributed by atoms with Crippen LogP contribution in [-0.4, -0.2) is 23.0 Å². The van der Waals surface area contributed by atoms with E-state index in [4.69, 9.17) is 0 Å². The molecule has 18 heavy (non-hydrogen) atoms. The Bertz CT molecular complexity index is 571. The van der Waals surface area contributed by atoms with Crippen LogP contribution in [0.1, 0.15) is 18.5 Å². The van der Waals surface area contributed by atoms with Crippen LogP contribution in [-0.2, 0) is 0 Å². The second-order valence-corrected chi connectivity index (χ2v) is 4.68. The van der Waals surface area contributed by atoms with Gasteiger partial charge in [0.25, 0.3) is 0 Å². The molecule has 0 unspecified atom stereocenters. The molecular weight excluding hydrogens is 234 g/mol. The third kappa shape index (κ3) is 1.78. The molecule has 0 bridgehead atoms. The van der Waals surface area contributed by atoms with Gasteiger partial charge in [-0.25, -0.2) is 8.78 Å². The first-order valence-corrected chi connectivity index (χ1v) is 6.07. The first-order chi connectivity index (χ1) is 8.65. The molecule has 0 aliphatic carbocycles. The summed E-state index contributed by atoms with van der Waals surface area (Å²) in [5.41, 5.74) is 2.32. The molecule has 2 heterocycles. The Kier molecular flexibility index (Phi) is 2.58. The molecule has 1 aliphatic heterocycles. The van der Waals surface area contributed by atoms with E-state index in [1.807, 2.05) is 6.07 Å². The van der Waals surface area contributed by atoms with Gasteiger partial charge in [-0.1, -0.05) is 6.58 Å². The normalized spacial score (nSPS) is 15.6. The lowest BCUT2D eigenvalue weighted by molar-refractivity contribution is 0.493. The van der Waals surface area contributed by atoms with Crippen LogP contribution in [0.15, 0.2) is 24.8 Å². The molecule has 2 nitrogen and oxygen atoms in total. The number of nitrogens with zero attached hydrogens (tertiary/aromatic N) is 1. The van der Waals surface area contributed by atoms with Gasteiger partial charge in [0.05, 0.1) is 11.4 Å². The largest absolute Gasteiger partial charge is 0.370 e. The molecular formula is C14H14F2N2. The molecule has 0 spiro atoms. The fourth-order valence-electron chi connectivity index (χ4n) is 2.44. The third-order valence-electron chi connectivity index (χ3n) is 3.46. The number of H-pyrrole nitrogens is 1. The van der Waals surface area contributed by atoms with Crippen molar-refractivity contribution in [2.75, 3.05) is 13.1 Å². The summed E-state index contributed by atoms with van der Waals surface area (Å²) in [5, 5.41) is 0.671. The van der Waals surface area contributed by atoms with Gasteiger partial charge in [0.15, 0.2) is 11.6 Å². The number of aromatic amines is 1. The quantitative estimate of drug-likeness (QED) is 0.861. The predicted octanol–water partition coefficient (Wildman–Crippen LogP) is 3.51. The lowest BCUT2D eigenvalue weighted by atomic mass is 10.2. The number of fused-ring (bicyclic) bond motifs is 1. The van der Waals surface area contributed by atoms with Gasteiger partial charge in [-0.05, 0) is 25.0 Å². The molecule has 3 rings (SSSR count). The molecule has 1 aromatic heterocycles. The van der Waals surface area contributed by atoms with Crippen LogP contribution in [0.4, 0.5) is 8.78 Å². The van der Waals surface area contributed by atoms with Crippen LogP contribution in [0.3, 0.4) is 0 Å². The molecule has 1 fully saturated rings. The van der Waals surface area contributed by atoms with Crippen LogP contribution < -0.4 is 0 Å². The van der Waals surface area contributed by atoms with E-state index in [-0.39, 0.29) is 0 Å². The zero-order valence-corrected chi connectivity index (χ0v) is 9.97. The first-order valence-electron chi connectivity index (χ1n) is 6.07. The Morgan fingerprint density at radius 1 is 1.11 bits per heavy atom. The fraction of sp³-hybridized carbons (Fsp3) is 0.286. The van der Waals surface area contributed by atoms with E-state index in [2.05, 4.69) is 16.5 Å². The van der Waals surface area contributed by atoms with E-state index in [1.54, 1.807) is 0 Å². The standard InChI is InChI=1S/C14H14F2N2/c1-9(18-4-2-3-5-18)13-7-10-6-11(15)12(16)8-14(10)17-13/h6-8,17H,1-5H2. The van der Waals surface area contributed by atoms with Gasteiger partial charge in [-0.15, -0.1) is 0 Å². The maximum absolute atomic E-state index is 13.1. The lowest BCUT2D eigenvalue weighted by Gasteiger charge is -2.18. The van der Waals surface area contributed by atoms with E-state index in [1.165, 1.54) is 25.0 Å². The zero-order chi connectivity index (χ0) is 12.7. The van der Waals surface area contributed by atoms with Gasteiger partial charge < -0.3 is 9.88 Å². The Balaban J connectivity index is 2.00. The molecule has 1 aliphatic rings. The molecule has 1 N–H and O–H groups in total. The van der Waals surface area contributed by atoms with E-state index in [9.17, 15) is 8.78 Å². The average Bonchev–Trinajstić information content (AvgIpc) is 2.97. The summed E-state index contributed by atoms with van der Waals surface area (Å²) in [5.74, 6) is -1.65. The van der Waals surface area contributed by atoms with E-state index < -0.39 is 11.6 Å². The van der Waals surface area contributed by atoms with Crippen molar-refractivity contribution in [3.63, 3.8) is 0 Å². The van der Waals surface area contributed by atoms with Crippen molar-refractivity contribution in [3.8, 4) is 0 Å². The van der Waals surface area contributed by atoms with Crippen LogP contribution in [0.2, 0.25) is 0 Å². The van der Waals surface area contributed by atoms with Crippen molar-refractivity contribution in [2.45, 2.75) is 12.8 Å². The summed E-state index contributed by atoms with van der Waals surface area (Å²) >= 11 is 0. The zero-order valence-electron chi connectivity index (χ0n) is 9.97. The molecule has 1 saturated heterocycles. The fourth-order valence-corrected chi connectivity index (χ4v) is 2.44. The van der Waals surface area contributed by atoms with Crippen LogP contribution >= 0.6 is 0 Å². The van der Waals surface area contributed by atoms with Crippen molar-refractivity contribution < 1.29 is 8.78 Å². The molecule has 94 valence electrons. The molecule has 0 saturated carbocycles. The lowest BCUT2D eigenvalue weighted by Crippen LogP contribution is -2.16. The van der Waals surface area contributed by atoms with Gasteiger partial charge in [0, 0.05) is 30.1 Å². The maximum atomic E-state index is 13.1. The second-order valence-electron chi connectivity index (χ2n) is 4.68. The van der Waals surface area contributed by atoms with Gasteiger partial charge >= 0.3 is 0 Å². The number of halogens is 2. The molecule has 4 heteroatoms. The van der Waals surface area contributed by atoms with Crippen LogP contribution in [0, 0.1) is 11.6 Å². The molecule has 0 amide bonds. The minimum atomic E-state index is -0.831. The topological polar surface area (TPSA) is 19.0 Å². The van der Waals surface area contributed by atoms with Crippen molar-refractivity contribution in [1.29, 1.82) is 0 Å². The number of hydrogen-bond acceptors (Lipinski definition) is 1. The van der Waals surface area contributed by atoms with Crippen molar-refractivity contribution in [1.82, 2.24) is 9.88 Å². The monoisotopic (exact) mass is 248 g/mol. The highest BCUT2D eigenvalue weighted by Crippen LogP contribution is 2.26. The highest BCUT2D eigenvalue weighted by atomic mass is 19.2. The maximum Gasteiger partial charge on any atom is 0.160 e. The van der Waals surface area contributed by atoms with E-state index in [0.29, 0.717) is 10.9 Å². The Morgan fingerprint density at radius 3 is 2.50 bits per heavy atom. The second kappa shape index (κ2) is 4.12. The summed E-state index contributed by atoms with van der Waals surface area (Å²) in [6.45, 7) is 6.05. The van der Waals surface area contributed by atoms with E-state index in [0.717, 1.165) is 24.5 Å². The van der Waals surface area contributed by atoms with Crippen molar-refractivity contribution >= 4 is 16.6 Å². The summed E-state index contributed by atoms with van der Waals surface area (Å²) in [4.78, 5) is 5.28. The summed E-state index contributed by atoms with van der Waals surface area (Å²) in [6, 6.07) is 4.21. The third-order valence-corrected chi connectivity index (χ3v) is 3.46. The Morgan fingerprint density at radius 2 is 1.78 bits per heavy atom. The minimum Gasteiger partial charge on any atom is -0.370 e. The smallest absolute Gasteiger partial charge is 0.160 e. The summed E-state index contributed by atoms with van der Waals surface area (Å²) in [7, 11) is 0. The molecule has 0 radical (unpaired) electrons. The number of benzene rings is 1. The minimum absolute atomic E-state index is 0.601. The van der Waals surface area contributed by atoms with Crippen LogP contribution in [0.25, 0.3) is 16.6 Å². The number of aromatic nitrogens is 1. The highest BCUT2D eigenvalue weighted by molar-refractivity contribution is 5.84. The number of hydrogen-bond donors (Lipinski definition) is 1. The van der Waals surface area contributed by atoms with Gasteiger partial charge in [-0.2, -0.15) is 0 Å². The molecule has 0 atom stereocenters. The summed E-state index contributed by atoms with van der Waals surface area (Å²) in [6.07, 6.45) is 2.34. The highest BCUT2D eigenvalue weighted by Gasteiger charge is 2.16. The Labute approximate surface area is 104 Å². The average molecular weight is 248 g/mol. The van der Waals surface area contributed by atoms with Gasteiger partial charge in [0.1, 0.15) is 0 Å². The Hall–Kier alpha value is -1.84. The molecule has 2 aromatic rings. The van der Waals surface area contributed by atoms with Crippen LogP contribution in [0.5, 0.6) is 0 Å². The SMILES string of the molecule is C=C(c1cc2cc(F)c(F)cc2[nH]1)N1CCCC1. The molecule has 1 aromatic carbocycles. The van der Waals surface area contributed by atoms with E-state index >= 15 is 0 Å². The van der Waals surface area contributed by atoms with Crippen molar-refractivity contribution in [3.05, 3.63) is 42.1 Å². The number of rotatable bonds is 2. The van der Waals surface area contributed by atoms with Gasteiger partial charge in [0.2, 0.25) is 0 Å². The number of likely N-dealkylation sites (tertiary alicyclic amines) is 1. The van der Waals surface area contributed by atoms with Crippen molar-refractivity contribution in [2.24, 2.45) is 0 Å². The predicted molar refractivity (Wildman–Crippen MR) is 68.1 cm³/mol. The summed E-state index contributed by atoms with van der Waals surface area (Å²) < 4.78 is 26.3.